The van der Waals surface area contributed by atoms with Gasteiger partial charge in [0, 0.05) is 17.2 Å². The van der Waals surface area contributed by atoms with Crippen molar-refractivity contribution in [1.29, 1.82) is 0 Å². The average Bonchev–Trinajstić information content (AvgIpc) is 2.56. The number of hydrogen-bond donors (Lipinski definition) is 2. The van der Waals surface area contributed by atoms with E-state index in [4.69, 9.17) is 5.73 Å². The van der Waals surface area contributed by atoms with Gasteiger partial charge in [0.15, 0.2) is 10.7 Å². The summed E-state index contributed by atoms with van der Waals surface area (Å²) in [7, 11) is -2.10. The Morgan fingerprint density at radius 3 is 2.37 bits per heavy atom. The Labute approximate surface area is 119 Å². The van der Waals surface area contributed by atoms with Gasteiger partial charge in [-0.05, 0) is 31.2 Å². The van der Waals surface area contributed by atoms with E-state index in [1.807, 2.05) is 0 Å². The summed E-state index contributed by atoms with van der Waals surface area (Å²) in [5.41, 5.74) is 6.60. The summed E-state index contributed by atoms with van der Waals surface area (Å²) < 4.78 is 29.3. The Balaban J connectivity index is 2.40. The Kier molecular flexibility index (Phi) is 3.55. The van der Waals surface area contributed by atoms with Crippen LogP contribution < -0.4 is 10.5 Å². The fourth-order valence-corrected chi connectivity index (χ4v) is 3.32. The van der Waals surface area contributed by atoms with Crippen LogP contribution in [0.2, 0.25) is 0 Å². The number of aromatic nitrogens is 2. The Morgan fingerprint density at radius 2 is 1.89 bits per heavy atom. The maximum atomic E-state index is 12.3. The molecule has 0 atom stereocenters. The van der Waals surface area contributed by atoms with Crippen LogP contribution in [-0.4, -0.2) is 18.2 Å². The molecular weight excluding hydrogens is 332 g/mol. The van der Waals surface area contributed by atoms with Gasteiger partial charge in [-0.2, -0.15) is 5.10 Å². The SMILES string of the molecule is Cc1c(S(=O)(=O)Nc2ccc(Br)cc2)c(N)nn1C. The van der Waals surface area contributed by atoms with E-state index in [0.29, 0.717) is 11.4 Å². The van der Waals surface area contributed by atoms with Crippen LogP contribution in [0.25, 0.3) is 0 Å². The van der Waals surface area contributed by atoms with Crippen LogP contribution >= 0.6 is 15.9 Å². The summed E-state index contributed by atoms with van der Waals surface area (Å²) >= 11 is 3.29. The summed E-state index contributed by atoms with van der Waals surface area (Å²) in [6, 6.07) is 6.81. The van der Waals surface area contributed by atoms with Crippen molar-refractivity contribution >= 4 is 37.5 Å². The maximum absolute atomic E-state index is 12.3. The average molecular weight is 345 g/mol. The first-order valence-electron chi connectivity index (χ1n) is 5.39. The molecule has 0 aliphatic heterocycles. The molecule has 2 rings (SSSR count). The molecule has 102 valence electrons. The molecule has 1 aromatic carbocycles. The van der Waals surface area contributed by atoms with Crippen molar-refractivity contribution in [3.8, 4) is 0 Å². The monoisotopic (exact) mass is 344 g/mol. The largest absolute Gasteiger partial charge is 0.381 e. The van der Waals surface area contributed by atoms with Crippen molar-refractivity contribution in [3.05, 3.63) is 34.4 Å². The zero-order valence-corrected chi connectivity index (χ0v) is 12.8. The zero-order valence-electron chi connectivity index (χ0n) is 10.4. The molecule has 1 heterocycles. The Hall–Kier alpha value is -1.54. The molecule has 0 unspecified atom stereocenters. The molecule has 3 N–H and O–H groups in total. The van der Waals surface area contributed by atoms with Gasteiger partial charge in [0.1, 0.15) is 0 Å². The van der Waals surface area contributed by atoms with Gasteiger partial charge >= 0.3 is 0 Å². The molecule has 2 aromatic rings. The second-order valence-electron chi connectivity index (χ2n) is 4.04. The molecule has 0 fully saturated rings. The number of nitrogen functional groups attached to an aromatic ring is 1. The third kappa shape index (κ3) is 2.74. The topological polar surface area (TPSA) is 90.0 Å². The number of nitrogens with zero attached hydrogens (tertiary/aromatic N) is 2. The number of anilines is 2. The number of nitrogens with two attached hydrogens (primary N) is 1. The minimum absolute atomic E-state index is 0.00962. The molecule has 0 saturated carbocycles. The van der Waals surface area contributed by atoms with E-state index in [-0.39, 0.29) is 10.7 Å². The van der Waals surface area contributed by atoms with Crippen molar-refractivity contribution in [2.75, 3.05) is 10.5 Å². The number of halogens is 1. The van der Waals surface area contributed by atoms with Crippen LogP contribution in [0.5, 0.6) is 0 Å². The first-order chi connectivity index (χ1) is 8.81. The van der Waals surface area contributed by atoms with Crippen molar-refractivity contribution in [1.82, 2.24) is 9.78 Å². The molecule has 8 heteroatoms. The van der Waals surface area contributed by atoms with E-state index < -0.39 is 10.0 Å². The Bertz CT molecular complexity index is 707. The number of hydrogen-bond acceptors (Lipinski definition) is 4. The highest BCUT2D eigenvalue weighted by atomic mass is 79.9. The molecule has 0 radical (unpaired) electrons. The van der Waals surface area contributed by atoms with Crippen LogP contribution in [0.3, 0.4) is 0 Å². The van der Waals surface area contributed by atoms with E-state index in [2.05, 4.69) is 25.8 Å². The molecule has 0 saturated heterocycles. The highest BCUT2D eigenvalue weighted by Crippen LogP contribution is 2.24. The van der Waals surface area contributed by atoms with Crippen LogP contribution in [0.4, 0.5) is 11.5 Å². The molecule has 1 aromatic heterocycles. The summed E-state index contributed by atoms with van der Waals surface area (Å²) in [5.74, 6) is -0.00962. The lowest BCUT2D eigenvalue weighted by Crippen LogP contribution is -2.15. The van der Waals surface area contributed by atoms with Crippen molar-refractivity contribution in [2.24, 2.45) is 7.05 Å². The molecule has 0 spiro atoms. The molecule has 0 amide bonds. The van der Waals surface area contributed by atoms with Crippen LogP contribution in [0.1, 0.15) is 5.69 Å². The van der Waals surface area contributed by atoms with Crippen LogP contribution in [-0.2, 0) is 17.1 Å². The third-order valence-corrected chi connectivity index (χ3v) is 4.74. The number of rotatable bonds is 3. The van der Waals surface area contributed by atoms with Crippen molar-refractivity contribution in [2.45, 2.75) is 11.8 Å². The Morgan fingerprint density at radius 1 is 1.32 bits per heavy atom. The number of sulfonamides is 1. The van der Waals surface area contributed by atoms with Crippen molar-refractivity contribution < 1.29 is 8.42 Å². The van der Waals surface area contributed by atoms with Gasteiger partial charge in [0.25, 0.3) is 10.0 Å². The lowest BCUT2D eigenvalue weighted by Gasteiger charge is -2.08. The van der Waals surface area contributed by atoms with E-state index in [1.165, 1.54) is 4.68 Å². The maximum Gasteiger partial charge on any atom is 0.267 e. The first kappa shape index (κ1) is 13.9. The summed E-state index contributed by atoms with van der Waals surface area (Å²) in [4.78, 5) is 0.0120. The third-order valence-electron chi connectivity index (χ3n) is 2.67. The summed E-state index contributed by atoms with van der Waals surface area (Å²) in [6.07, 6.45) is 0. The van der Waals surface area contributed by atoms with E-state index >= 15 is 0 Å². The fraction of sp³-hybridized carbons (Fsp3) is 0.182. The second kappa shape index (κ2) is 4.86. The van der Waals surface area contributed by atoms with Crippen LogP contribution in [0, 0.1) is 6.92 Å². The first-order valence-corrected chi connectivity index (χ1v) is 7.66. The van der Waals surface area contributed by atoms with Gasteiger partial charge in [-0.15, -0.1) is 0 Å². The number of benzene rings is 1. The van der Waals surface area contributed by atoms with Gasteiger partial charge in [-0.25, -0.2) is 8.42 Å². The molecule has 0 aliphatic carbocycles. The molecule has 6 nitrogen and oxygen atoms in total. The molecule has 0 aliphatic rings. The number of aryl methyl sites for hydroxylation is 1. The minimum Gasteiger partial charge on any atom is -0.381 e. The second-order valence-corrected chi connectivity index (χ2v) is 6.57. The quantitative estimate of drug-likeness (QED) is 0.889. The smallest absolute Gasteiger partial charge is 0.267 e. The predicted molar refractivity (Wildman–Crippen MR) is 77.3 cm³/mol. The summed E-state index contributed by atoms with van der Waals surface area (Å²) in [5, 5.41) is 3.90. The van der Waals surface area contributed by atoms with Gasteiger partial charge in [0.2, 0.25) is 0 Å². The van der Waals surface area contributed by atoms with Gasteiger partial charge in [0.05, 0.1) is 5.69 Å². The van der Waals surface area contributed by atoms with Gasteiger partial charge < -0.3 is 5.73 Å². The number of nitrogens with one attached hydrogen (secondary N) is 1. The van der Waals surface area contributed by atoms with E-state index in [0.717, 1.165) is 4.47 Å². The normalized spacial score (nSPS) is 11.5. The minimum atomic E-state index is -3.74. The zero-order chi connectivity index (χ0) is 14.2. The van der Waals surface area contributed by atoms with Crippen LogP contribution in [0.15, 0.2) is 33.6 Å². The van der Waals surface area contributed by atoms with E-state index in [1.54, 1.807) is 38.2 Å². The summed E-state index contributed by atoms with van der Waals surface area (Å²) in [6.45, 7) is 1.65. The van der Waals surface area contributed by atoms with E-state index in [9.17, 15) is 8.42 Å². The fourth-order valence-electron chi connectivity index (χ4n) is 1.67. The highest BCUT2D eigenvalue weighted by molar-refractivity contribution is 9.10. The molecule has 19 heavy (non-hydrogen) atoms. The molecular formula is C11H13BrN4O2S. The van der Waals surface area contributed by atoms with Crippen molar-refractivity contribution in [3.63, 3.8) is 0 Å². The van der Waals surface area contributed by atoms with Gasteiger partial charge in [-0.1, -0.05) is 15.9 Å². The predicted octanol–water partition coefficient (Wildman–Crippen LogP) is 1.87. The van der Waals surface area contributed by atoms with Gasteiger partial charge in [-0.3, -0.25) is 9.40 Å². The lowest BCUT2D eigenvalue weighted by atomic mass is 10.3. The lowest BCUT2D eigenvalue weighted by molar-refractivity contribution is 0.600. The highest BCUT2D eigenvalue weighted by Gasteiger charge is 2.24. The standard InChI is InChI=1S/C11H13BrN4O2S/c1-7-10(11(13)14-16(7)2)19(17,18)15-9-5-3-8(12)4-6-9/h3-6,15H,1-2H3,(H2,13,14). The molecule has 0 bridgehead atoms.